The molecule has 0 saturated carbocycles. The minimum Gasteiger partial charge on any atom is -0.436 e. The predicted molar refractivity (Wildman–Crippen MR) is 185 cm³/mol. The molecular weight excluding hydrogens is 580 g/mol. The first-order valence-corrected chi connectivity index (χ1v) is 15.9. The van der Waals surface area contributed by atoms with Gasteiger partial charge in [-0.3, -0.25) is 0 Å². The highest BCUT2D eigenvalue weighted by Gasteiger charge is 2.56. The highest BCUT2D eigenvalue weighted by atomic mass is 16.6. The second-order valence-corrected chi connectivity index (χ2v) is 12.0. The maximum Gasteiger partial charge on any atom is 0.360 e. The molecule has 1 unspecified atom stereocenters. The zero-order chi connectivity index (χ0) is 31.7. The first-order chi connectivity index (χ1) is 23.1. The standard InChI is InChI=1S/C41H30N4O2/c1-3-44-26(2)36(29-20-10-13-23-32(29)44)41(38-37(40(46)47-41)42-30-21-11-12-22-31(30)43-38)39-35(28-18-8-5-9-19-28)34(27-16-6-4-7-17-27)33-24-14-15-25-45(33)39/h4-25H,3H2,1-2H3. The number of aryl methyl sites for hydroxylation is 1. The van der Waals surface area contributed by atoms with Gasteiger partial charge in [0.15, 0.2) is 5.69 Å². The van der Waals surface area contributed by atoms with Crippen molar-refractivity contribution in [3.05, 3.63) is 162 Å². The molecule has 5 heterocycles. The summed E-state index contributed by atoms with van der Waals surface area (Å²) in [6, 6.07) is 43.1. The summed E-state index contributed by atoms with van der Waals surface area (Å²) in [4.78, 5) is 24.5. The molecule has 9 rings (SSSR count). The van der Waals surface area contributed by atoms with Gasteiger partial charge in [0.05, 0.1) is 22.2 Å². The van der Waals surface area contributed by atoms with Gasteiger partial charge in [-0.15, -0.1) is 0 Å². The number of rotatable bonds is 5. The Labute approximate surface area is 271 Å². The van der Waals surface area contributed by atoms with Crippen LogP contribution in [0.1, 0.15) is 40.1 Å². The lowest BCUT2D eigenvalue weighted by atomic mass is 9.81. The molecule has 6 nitrogen and oxygen atoms in total. The lowest BCUT2D eigenvalue weighted by Crippen LogP contribution is -2.33. The molecule has 0 radical (unpaired) electrons. The van der Waals surface area contributed by atoms with Crippen LogP contribution in [0.5, 0.6) is 0 Å². The van der Waals surface area contributed by atoms with Crippen LogP contribution in [0.4, 0.5) is 0 Å². The van der Waals surface area contributed by atoms with Gasteiger partial charge in [0.25, 0.3) is 0 Å². The number of hydrogen-bond acceptors (Lipinski definition) is 4. The molecule has 4 aromatic carbocycles. The van der Waals surface area contributed by atoms with Gasteiger partial charge in [-0.25, -0.2) is 14.8 Å². The molecule has 47 heavy (non-hydrogen) atoms. The molecule has 0 amide bonds. The molecule has 4 aromatic heterocycles. The number of carbonyl (C=O) groups is 1. The fourth-order valence-corrected chi connectivity index (χ4v) is 7.69. The first kappa shape index (κ1) is 27.3. The van der Waals surface area contributed by atoms with Crippen LogP contribution in [0.2, 0.25) is 0 Å². The van der Waals surface area contributed by atoms with Gasteiger partial charge in [0.2, 0.25) is 5.60 Å². The molecule has 0 N–H and O–H groups in total. The van der Waals surface area contributed by atoms with Gasteiger partial charge in [-0.05, 0) is 55.3 Å². The molecule has 0 spiro atoms. The molecule has 8 aromatic rings. The van der Waals surface area contributed by atoms with Crippen molar-refractivity contribution in [2.75, 3.05) is 0 Å². The van der Waals surface area contributed by atoms with Crippen LogP contribution in [0, 0.1) is 6.92 Å². The zero-order valence-electron chi connectivity index (χ0n) is 26.0. The van der Waals surface area contributed by atoms with Crippen LogP contribution < -0.4 is 0 Å². The van der Waals surface area contributed by atoms with Crippen molar-refractivity contribution in [2.24, 2.45) is 0 Å². The summed E-state index contributed by atoms with van der Waals surface area (Å²) in [5.41, 5.74) is 9.58. The lowest BCUT2D eigenvalue weighted by molar-refractivity contribution is 0.0230. The number of ether oxygens (including phenoxy) is 1. The summed E-state index contributed by atoms with van der Waals surface area (Å²) < 4.78 is 11.4. The van der Waals surface area contributed by atoms with E-state index in [1.54, 1.807) is 0 Å². The highest BCUT2D eigenvalue weighted by molar-refractivity contribution is 6.02. The van der Waals surface area contributed by atoms with E-state index in [1.165, 1.54) is 0 Å². The van der Waals surface area contributed by atoms with E-state index >= 15 is 0 Å². The molecule has 226 valence electrons. The number of carbonyl (C=O) groups excluding carboxylic acids is 1. The second-order valence-electron chi connectivity index (χ2n) is 12.0. The van der Waals surface area contributed by atoms with Crippen molar-refractivity contribution < 1.29 is 9.53 Å². The number of para-hydroxylation sites is 3. The van der Waals surface area contributed by atoms with Gasteiger partial charge < -0.3 is 13.7 Å². The Balaban J connectivity index is 1.55. The Morgan fingerprint density at radius 2 is 1.28 bits per heavy atom. The minimum atomic E-state index is -1.43. The van der Waals surface area contributed by atoms with Crippen molar-refractivity contribution in [1.82, 2.24) is 18.9 Å². The van der Waals surface area contributed by atoms with E-state index in [4.69, 9.17) is 14.7 Å². The summed E-state index contributed by atoms with van der Waals surface area (Å²) >= 11 is 0. The fourth-order valence-electron chi connectivity index (χ4n) is 7.69. The summed E-state index contributed by atoms with van der Waals surface area (Å²) in [6.45, 7) is 5.02. The third-order valence-electron chi connectivity index (χ3n) is 9.54. The van der Waals surface area contributed by atoms with E-state index in [1.807, 2.05) is 48.5 Å². The first-order valence-electron chi connectivity index (χ1n) is 15.9. The molecule has 1 atom stereocenters. The third-order valence-corrected chi connectivity index (χ3v) is 9.54. The maximum atomic E-state index is 14.3. The Bertz CT molecular complexity index is 2510. The summed E-state index contributed by atoms with van der Waals surface area (Å²) in [5, 5.41) is 1.01. The number of fused-ring (bicyclic) bond motifs is 4. The van der Waals surface area contributed by atoms with Crippen LogP contribution >= 0.6 is 0 Å². The molecule has 0 bridgehead atoms. The Hall–Kier alpha value is -6.01. The van der Waals surface area contributed by atoms with Crippen molar-refractivity contribution in [2.45, 2.75) is 26.0 Å². The average molecular weight is 611 g/mol. The summed E-state index contributed by atoms with van der Waals surface area (Å²) in [7, 11) is 0. The molecular formula is C41H30N4O2. The number of hydrogen-bond donors (Lipinski definition) is 0. The van der Waals surface area contributed by atoms with E-state index < -0.39 is 11.6 Å². The number of esters is 1. The second kappa shape index (κ2) is 10.3. The summed E-state index contributed by atoms with van der Waals surface area (Å²) in [5.74, 6) is -0.489. The van der Waals surface area contributed by atoms with E-state index in [2.05, 4.69) is 108 Å². The number of cyclic esters (lactones) is 1. The molecule has 1 aliphatic rings. The predicted octanol–water partition coefficient (Wildman–Crippen LogP) is 8.96. The van der Waals surface area contributed by atoms with Crippen LogP contribution in [-0.4, -0.2) is 24.9 Å². The Morgan fingerprint density at radius 1 is 0.681 bits per heavy atom. The number of pyridine rings is 1. The average Bonchev–Trinajstić information content (AvgIpc) is 3.72. The molecule has 6 heteroatoms. The number of aromatic nitrogens is 4. The van der Waals surface area contributed by atoms with Crippen LogP contribution in [0.25, 0.3) is 49.7 Å². The van der Waals surface area contributed by atoms with E-state index in [0.29, 0.717) is 16.7 Å². The smallest absolute Gasteiger partial charge is 0.360 e. The topological polar surface area (TPSA) is 61.4 Å². The van der Waals surface area contributed by atoms with Gasteiger partial charge in [0, 0.05) is 46.0 Å². The largest absolute Gasteiger partial charge is 0.436 e. The van der Waals surface area contributed by atoms with Crippen molar-refractivity contribution in [3.63, 3.8) is 0 Å². The van der Waals surface area contributed by atoms with Crippen LogP contribution in [-0.2, 0) is 16.9 Å². The Morgan fingerprint density at radius 3 is 2.00 bits per heavy atom. The van der Waals surface area contributed by atoms with Gasteiger partial charge in [-0.2, -0.15) is 0 Å². The SMILES string of the molecule is CCn1c(C)c(C2(c3c(-c4ccccc4)c(-c4ccccc4)c4ccccn34)OC(=O)c3nc4ccccc4nc32)c2ccccc21. The molecule has 0 fully saturated rings. The van der Waals surface area contributed by atoms with Crippen molar-refractivity contribution >= 4 is 33.4 Å². The highest BCUT2D eigenvalue weighted by Crippen LogP contribution is 2.55. The normalized spacial score (nSPS) is 15.8. The van der Waals surface area contributed by atoms with Gasteiger partial charge in [0.1, 0.15) is 5.69 Å². The maximum absolute atomic E-state index is 14.3. The van der Waals surface area contributed by atoms with Crippen LogP contribution in [0.3, 0.4) is 0 Å². The van der Waals surface area contributed by atoms with Gasteiger partial charge in [-0.1, -0.05) is 97.1 Å². The number of benzene rings is 4. The van der Waals surface area contributed by atoms with Gasteiger partial charge >= 0.3 is 5.97 Å². The zero-order valence-corrected chi connectivity index (χ0v) is 26.0. The molecule has 0 aliphatic carbocycles. The quantitative estimate of drug-likeness (QED) is 0.183. The van der Waals surface area contributed by atoms with E-state index in [-0.39, 0.29) is 5.69 Å². The summed E-state index contributed by atoms with van der Waals surface area (Å²) in [6.07, 6.45) is 2.07. The molecule has 0 saturated heterocycles. The minimum absolute atomic E-state index is 0.239. The Kier molecular flexibility index (Phi) is 5.96. The number of nitrogens with zero attached hydrogens (tertiary/aromatic N) is 4. The monoisotopic (exact) mass is 610 g/mol. The lowest BCUT2D eigenvalue weighted by Gasteiger charge is -2.31. The van der Waals surface area contributed by atoms with E-state index in [9.17, 15) is 4.79 Å². The third kappa shape index (κ3) is 3.75. The van der Waals surface area contributed by atoms with Crippen molar-refractivity contribution in [1.29, 1.82) is 0 Å². The van der Waals surface area contributed by atoms with E-state index in [0.717, 1.165) is 62.2 Å². The molecule has 1 aliphatic heterocycles. The van der Waals surface area contributed by atoms with Crippen LogP contribution in [0.15, 0.2) is 134 Å². The fraction of sp³-hybridized carbons (Fsp3) is 0.0976. The van der Waals surface area contributed by atoms with Crippen molar-refractivity contribution in [3.8, 4) is 22.3 Å².